The molecule has 0 radical (unpaired) electrons. The van der Waals surface area contributed by atoms with Crippen LogP contribution in [0.3, 0.4) is 0 Å². The fraction of sp³-hybridized carbons (Fsp3) is 0.533. The molecule has 0 spiro atoms. The van der Waals surface area contributed by atoms with E-state index in [1.165, 1.54) is 0 Å². The minimum atomic E-state index is -1.71. The maximum Gasteiger partial charge on any atom is 0.625 e. The van der Waals surface area contributed by atoms with Gasteiger partial charge < -0.3 is 27.8 Å². The molecule has 3 aliphatic rings. The van der Waals surface area contributed by atoms with Crippen LogP contribution in [-0.4, -0.2) is 70.0 Å². The number of methoxy groups -OCH3 is 1. The lowest BCUT2D eigenvalue weighted by molar-refractivity contribution is -0.816. The van der Waals surface area contributed by atoms with Gasteiger partial charge >= 0.3 is 13.0 Å². The number of carbonyl (C=O) groups is 1. The molecule has 1 aromatic rings. The van der Waals surface area contributed by atoms with Crippen LogP contribution in [0.4, 0.5) is 10.5 Å². The van der Waals surface area contributed by atoms with E-state index in [9.17, 15) is 4.79 Å². The fourth-order valence-corrected chi connectivity index (χ4v) is 3.89. The molecule has 4 rings (SSSR count). The number of amides is 1. The van der Waals surface area contributed by atoms with Gasteiger partial charge in [-0.25, -0.2) is 4.79 Å². The first kappa shape index (κ1) is 15.7. The maximum atomic E-state index is 12.0. The SMILES string of the molecule is COc1cccc(NC(=O)OC[C@H]2C[N+]34CCO[B-]3(OCC4)O2)c1. The molecule has 1 atom stereocenters. The smallest absolute Gasteiger partial charge is 0.497 e. The van der Waals surface area contributed by atoms with Crippen LogP contribution in [0.2, 0.25) is 0 Å². The maximum absolute atomic E-state index is 12.0. The quantitative estimate of drug-likeness (QED) is 0.826. The molecule has 0 aromatic heterocycles. The third-order valence-corrected chi connectivity index (χ3v) is 5.05. The van der Waals surface area contributed by atoms with Gasteiger partial charge in [0.2, 0.25) is 0 Å². The van der Waals surface area contributed by atoms with Gasteiger partial charge in [0.1, 0.15) is 18.5 Å². The van der Waals surface area contributed by atoms with E-state index in [1.807, 2.05) is 0 Å². The standard InChI is InChI=1S/C15H21BN2O6/c1-20-13-4-2-3-12(9-13)17-15(19)21-11-14-10-18-5-7-22-16(18,24-14)23-8-6-18/h2-4,9,14H,5-8,10-11H2,1H3,(H,17,19)/t14-,16?,18?/m1/s1. The molecule has 3 fully saturated rings. The molecule has 1 aromatic carbocycles. The van der Waals surface area contributed by atoms with E-state index in [-0.39, 0.29) is 12.7 Å². The Hall–Kier alpha value is -1.81. The van der Waals surface area contributed by atoms with E-state index in [0.717, 1.165) is 19.6 Å². The van der Waals surface area contributed by atoms with Crippen LogP contribution < -0.4 is 10.1 Å². The lowest BCUT2D eigenvalue weighted by atomic mass is 9.94. The van der Waals surface area contributed by atoms with Gasteiger partial charge in [-0.1, -0.05) is 6.07 Å². The van der Waals surface area contributed by atoms with Gasteiger partial charge in [-0.15, -0.1) is 0 Å². The molecular weight excluding hydrogens is 315 g/mol. The largest absolute Gasteiger partial charge is 0.625 e. The van der Waals surface area contributed by atoms with Crippen LogP contribution in [0.5, 0.6) is 5.75 Å². The highest BCUT2D eigenvalue weighted by Gasteiger charge is 2.66. The first-order chi connectivity index (χ1) is 11.6. The molecular formula is C15H21BN2O6. The monoisotopic (exact) mass is 336 g/mol. The molecule has 1 amide bonds. The predicted octanol–water partition coefficient (Wildman–Crippen LogP) is 0.955. The third kappa shape index (κ3) is 2.53. The van der Waals surface area contributed by atoms with Gasteiger partial charge in [0.05, 0.1) is 40.0 Å². The van der Waals surface area contributed by atoms with Crippen molar-refractivity contribution in [1.29, 1.82) is 0 Å². The second-order valence-corrected chi connectivity index (χ2v) is 6.41. The normalized spacial score (nSPS) is 33.8. The van der Waals surface area contributed by atoms with E-state index in [2.05, 4.69) is 5.32 Å². The van der Waals surface area contributed by atoms with Crippen molar-refractivity contribution in [2.45, 2.75) is 6.10 Å². The van der Waals surface area contributed by atoms with Crippen LogP contribution in [0.15, 0.2) is 24.3 Å². The Morgan fingerprint density at radius 2 is 2.17 bits per heavy atom. The number of nitrogens with zero attached hydrogens (tertiary/aromatic N) is 1. The Kier molecular flexibility index (Phi) is 3.88. The molecule has 8 nitrogen and oxygen atoms in total. The van der Waals surface area contributed by atoms with E-state index >= 15 is 0 Å². The number of nitrogens with one attached hydrogen (secondary N) is 1. The average molecular weight is 336 g/mol. The molecule has 3 saturated heterocycles. The van der Waals surface area contributed by atoms with Crippen LogP contribution in [0, 0.1) is 0 Å². The van der Waals surface area contributed by atoms with Crippen molar-refractivity contribution in [2.24, 2.45) is 0 Å². The van der Waals surface area contributed by atoms with Gasteiger partial charge in [0, 0.05) is 11.8 Å². The predicted molar refractivity (Wildman–Crippen MR) is 85.4 cm³/mol. The van der Waals surface area contributed by atoms with Crippen molar-refractivity contribution in [1.82, 2.24) is 0 Å². The first-order valence-electron chi connectivity index (χ1n) is 8.17. The summed E-state index contributed by atoms with van der Waals surface area (Å²) in [6.07, 6.45) is -0.729. The average Bonchev–Trinajstić information content (AvgIpc) is 3.14. The molecule has 3 heterocycles. The Labute approximate surface area is 140 Å². The summed E-state index contributed by atoms with van der Waals surface area (Å²) < 4.78 is 28.6. The van der Waals surface area contributed by atoms with Crippen LogP contribution in [-0.2, 0) is 18.7 Å². The molecule has 130 valence electrons. The summed E-state index contributed by atoms with van der Waals surface area (Å²) in [6.45, 7) is 2.33. The Morgan fingerprint density at radius 3 is 2.88 bits per heavy atom. The number of hydrogen-bond donors (Lipinski definition) is 1. The number of ether oxygens (including phenoxy) is 2. The summed E-state index contributed by atoms with van der Waals surface area (Å²) in [4.78, 5) is 12.0. The second-order valence-electron chi connectivity index (χ2n) is 6.41. The molecule has 3 aliphatic heterocycles. The number of rotatable bonds is 4. The van der Waals surface area contributed by atoms with Gasteiger partial charge in [-0.2, -0.15) is 0 Å². The number of benzene rings is 1. The number of quaternary nitrogens is 1. The minimum absolute atomic E-state index is 0.173. The van der Waals surface area contributed by atoms with Crippen molar-refractivity contribution < 1.29 is 32.6 Å². The summed E-state index contributed by atoms with van der Waals surface area (Å²) in [5.41, 5.74) is 0.615. The molecule has 24 heavy (non-hydrogen) atoms. The zero-order valence-electron chi connectivity index (χ0n) is 13.6. The van der Waals surface area contributed by atoms with Gasteiger partial charge in [-0.3, -0.25) is 5.32 Å². The number of carbonyl (C=O) groups excluding carboxylic acids is 1. The second kappa shape index (κ2) is 5.93. The molecule has 0 unspecified atom stereocenters. The lowest BCUT2D eigenvalue weighted by Gasteiger charge is -2.37. The Bertz CT molecular complexity index is 612. The van der Waals surface area contributed by atoms with Crippen molar-refractivity contribution in [2.75, 3.05) is 51.9 Å². The Morgan fingerprint density at radius 1 is 1.38 bits per heavy atom. The summed E-state index contributed by atoms with van der Waals surface area (Å²) >= 11 is 0. The lowest BCUT2D eigenvalue weighted by Crippen LogP contribution is -2.59. The van der Waals surface area contributed by atoms with Gasteiger partial charge in [0.15, 0.2) is 0 Å². The molecule has 0 bridgehead atoms. The topological polar surface area (TPSA) is 75.3 Å². The van der Waals surface area contributed by atoms with Gasteiger partial charge in [0.25, 0.3) is 0 Å². The number of hydrogen-bond acceptors (Lipinski definition) is 6. The Balaban J connectivity index is 1.31. The highest BCUT2D eigenvalue weighted by Crippen LogP contribution is 2.41. The van der Waals surface area contributed by atoms with E-state index in [4.69, 9.17) is 23.4 Å². The minimum Gasteiger partial charge on any atom is -0.497 e. The zero-order chi connectivity index (χ0) is 16.6. The molecule has 0 aliphatic carbocycles. The highest BCUT2D eigenvalue weighted by molar-refractivity contribution is 6.54. The first-order valence-corrected chi connectivity index (χ1v) is 8.17. The molecule has 0 saturated carbocycles. The molecule has 9 heteroatoms. The summed E-state index contributed by atoms with van der Waals surface area (Å²) in [6, 6.07) is 7.09. The van der Waals surface area contributed by atoms with Crippen LogP contribution in [0.1, 0.15) is 0 Å². The van der Waals surface area contributed by atoms with Crippen molar-refractivity contribution in [3.05, 3.63) is 24.3 Å². The summed E-state index contributed by atoms with van der Waals surface area (Å²) in [5, 5.41) is 2.68. The van der Waals surface area contributed by atoms with E-state index in [1.54, 1.807) is 31.4 Å². The summed E-state index contributed by atoms with van der Waals surface area (Å²) in [7, 11) is 1.57. The molecule has 1 N–H and O–H groups in total. The fourth-order valence-electron chi connectivity index (χ4n) is 3.89. The number of anilines is 1. The van der Waals surface area contributed by atoms with Crippen molar-refractivity contribution >= 4 is 18.7 Å². The van der Waals surface area contributed by atoms with E-state index in [0.29, 0.717) is 29.0 Å². The summed E-state index contributed by atoms with van der Waals surface area (Å²) in [5.74, 6) is 0.667. The van der Waals surface area contributed by atoms with Gasteiger partial charge in [-0.05, 0) is 12.1 Å². The van der Waals surface area contributed by atoms with Crippen LogP contribution in [0.25, 0.3) is 0 Å². The van der Waals surface area contributed by atoms with E-state index < -0.39 is 13.0 Å². The van der Waals surface area contributed by atoms with Crippen molar-refractivity contribution in [3.8, 4) is 5.75 Å². The third-order valence-electron chi connectivity index (χ3n) is 5.05. The van der Waals surface area contributed by atoms with Crippen LogP contribution >= 0.6 is 0 Å². The zero-order valence-corrected chi connectivity index (χ0v) is 13.6. The van der Waals surface area contributed by atoms with Crippen molar-refractivity contribution in [3.63, 3.8) is 0 Å². The highest BCUT2D eigenvalue weighted by atomic mass is 16.8.